The number of hydrogen-bond donors (Lipinski definition) is 0. The topological polar surface area (TPSA) is 114 Å². The normalized spacial score (nSPS) is 11.0. The highest BCUT2D eigenvalue weighted by molar-refractivity contribution is 7.99. The smallest absolute Gasteiger partial charge is 0.278 e. The molecule has 10 nitrogen and oxygen atoms in total. The Hall–Kier alpha value is -3.70. The monoisotopic (exact) mass is 481 g/mol. The molecule has 11 heteroatoms. The maximum atomic E-state index is 11.5. The van der Waals surface area contributed by atoms with Gasteiger partial charge in [0.25, 0.3) is 5.69 Å². The minimum atomic E-state index is -0.402. The lowest BCUT2D eigenvalue weighted by Gasteiger charge is -2.13. The Balaban J connectivity index is 1.77. The van der Waals surface area contributed by atoms with E-state index < -0.39 is 4.92 Å². The van der Waals surface area contributed by atoms with Gasteiger partial charge in [-0.05, 0) is 48.5 Å². The molecule has 0 amide bonds. The summed E-state index contributed by atoms with van der Waals surface area (Å²) in [7, 11) is 4.83. The molecule has 0 aliphatic rings. The standard InChI is InChI=1S/C23H23N5O5S/c1-31-12-4-11-27-22(15-5-7-19(32-2)20(13-15)33-3)25-26-23(27)34-21-8-6-18(28(29)30)17-14-24-10-9-16(17)21/h5-10,13-14H,4,11-12H2,1-3H3. The fraction of sp³-hybridized carbons (Fsp3) is 0.261. The summed E-state index contributed by atoms with van der Waals surface area (Å²) in [6.45, 7) is 1.21. The highest BCUT2D eigenvalue weighted by Crippen LogP contribution is 2.38. The molecule has 0 aliphatic carbocycles. The zero-order valence-corrected chi connectivity index (χ0v) is 19.7. The first kappa shape index (κ1) is 23.5. The summed E-state index contributed by atoms with van der Waals surface area (Å²) >= 11 is 1.40. The lowest BCUT2D eigenvalue weighted by atomic mass is 10.1. The molecule has 0 saturated carbocycles. The van der Waals surface area contributed by atoms with Crippen LogP contribution in [0.3, 0.4) is 0 Å². The number of pyridine rings is 1. The minimum Gasteiger partial charge on any atom is -0.493 e. The van der Waals surface area contributed by atoms with Crippen molar-refractivity contribution >= 4 is 28.2 Å². The molecule has 0 saturated heterocycles. The van der Waals surface area contributed by atoms with Gasteiger partial charge in [0.05, 0.1) is 24.5 Å². The van der Waals surface area contributed by atoms with Gasteiger partial charge in [0.1, 0.15) is 0 Å². The molecule has 34 heavy (non-hydrogen) atoms. The van der Waals surface area contributed by atoms with Crippen LogP contribution in [0.1, 0.15) is 6.42 Å². The average molecular weight is 482 g/mol. The molecule has 0 fully saturated rings. The van der Waals surface area contributed by atoms with Gasteiger partial charge in [0.2, 0.25) is 0 Å². The van der Waals surface area contributed by atoms with E-state index >= 15 is 0 Å². The largest absolute Gasteiger partial charge is 0.493 e. The second kappa shape index (κ2) is 10.5. The first-order valence-electron chi connectivity index (χ1n) is 10.4. The van der Waals surface area contributed by atoms with E-state index in [2.05, 4.69) is 15.2 Å². The van der Waals surface area contributed by atoms with Crippen molar-refractivity contribution in [1.29, 1.82) is 0 Å². The lowest BCUT2D eigenvalue weighted by Crippen LogP contribution is -2.05. The molecule has 0 unspecified atom stereocenters. The number of rotatable bonds is 10. The molecule has 0 radical (unpaired) electrons. The van der Waals surface area contributed by atoms with Crippen LogP contribution in [0.15, 0.2) is 58.8 Å². The van der Waals surface area contributed by atoms with Gasteiger partial charge in [-0.15, -0.1) is 10.2 Å². The van der Waals surface area contributed by atoms with Crippen LogP contribution in [0, 0.1) is 10.1 Å². The molecule has 4 aromatic rings. The van der Waals surface area contributed by atoms with Crippen LogP contribution in [0.25, 0.3) is 22.2 Å². The van der Waals surface area contributed by atoms with E-state index in [1.165, 1.54) is 24.0 Å². The van der Waals surface area contributed by atoms with E-state index in [1.807, 2.05) is 22.8 Å². The van der Waals surface area contributed by atoms with Crippen molar-refractivity contribution in [2.45, 2.75) is 23.0 Å². The number of nitro groups is 1. The molecular weight excluding hydrogens is 458 g/mol. The van der Waals surface area contributed by atoms with E-state index in [0.717, 1.165) is 22.3 Å². The summed E-state index contributed by atoms with van der Waals surface area (Å²) < 4.78 is 18.0. The molecule has 0 bridgehead atoms. The molecule has 2 aromatic heterocycles. The Morgan fingerprint density at radius 1 is 1.03 bits per heavy atom. The molecule has 176 valence electrons. The van der Waals surface area contributed by atoms with Crippen LogP contribution >= 0.6 is 11.8 Å². The summed E-state index contributed by atoms with van der Waals surface area (Å²) in [6.07, 6.45) is 3.89. The van der Waals surface area contributed by atoms with Crippen molar-refractivity contribution in [1.82, 2.24) is 19.7 Å². The first-order valence-corrected chi connectivity index (χ1v) is 11.2. The Morgan fingerprint density at radius 3 is 2.59 bits per heavy atom. The number of hydrogen-bond acceptors (Lipinski definition) is 9. The highest BCUT2D eigenvalue weighted by atomic mass is 32.2. The summed E-state index contributed by atoms with van der Waals surface area (Å²) in [6, 6.07) is 10.6. The van der Waals surface area contributed by atoms with Gasteiger partial charge >= 0.3 is 0 Å². The van der Waals surface area contributed by atoms with Crippen molar-refractivity contribution in [2.24, 2.45) is 0 Å². The lowest BCUT2D eigenvalue weighted by molar-refractivity contribution is -0.383. The number of benzene rings is 2. The average Bonchev–Trinajstić information content (AvgIpc) is 3.26. The third kappa shape index (κ3) is 4.66. The SMILES string of the molecule is COCCCn1c(Sc2ccc([N+](=O)[O-])c3cnccc23)nnc1-c1ccc(OC)c(OC)c1. The number of nitro benzene ring substituents is 1. The predicted molar refractivity (Wildman–Crippen MR) is 128 cm³/mol. The van der Waals surface area contributed by atoms with Crippen LogP contribution in [0.4, 0.5) is 5.69 Å². The van der Waals surface area contributed by atoms with E-state index in [4.69, 9.17) is 14.2 Å². The number of non-ortho nitro benzene ring substituents is 1. The predicted octanol–water partition coefficient (Wildman–Crippen LogP) is 4.61. The van der Waals surface area contributed by atoms with Crippen molar-refractivity contribution in [2.75, 3.05) is 27.9 Å². The quantitative estimate of drug-likeness (QED) is 0.182. The number of ether oxygens (including phenoxy) is 3. The molecular formula is C23H23N5O5S. The summed E-state index contributed by atoms with van der Waals surface area (Å²) in [5.41, 5.74) is 0.840. The van der Waals surface area contributed by atoms with Crippen LogP contribution in [0.2, 0.25) is 0 Å². The van der Waals surface area contributed by atoms with Gasteiger partial charge in [0, 0.05) is 54.6 Å². The number of aromatic nitrogens is 4. The summed E-state index contributed by atoms with van der Waals surface area (Å²) in [5.74, 6) is 1.89. The number of methoxy groups -OCH3 is 3. The Kier molecular flexibility index (Phi) is 7.24. The number of nitrogens with zero attached hydrogens (tertiary/aromatic N) is 5. The Bertz CT molecular complexity index is 1330. The zero-order valence-electron chi connectivity index (χ0n) is 18.9. The van der Waals surface area contributed by atoms with Gasteiger partial charge in [-0.1, -0.05) is 0 Å². The second-order valence-electron chi connectivity index (χ2n) is 7.24. The molecule has 0 aliphatic heterocycles. The maximum Gasteiger partial charge on any atom is 0.278 e. The minimum absolute atomic E-state index is 0.0139. The second-order valence-corrected chi connectivity index (χ2v) is 8.25. The van der Waals surface area contributed by atoms with Gasteiger partial charge in [0.15, 0.2) is 22.5 Å². The molecule has 2 heterocycles. The summed E-state index contributed by atoms with van der Waals surface area (Å²) in [4.78, 5) is 15.9. The highest BCUT2D eigenvalue weighted by Gasteiger charge is 2.20. The maximum absolute atomic E-state index is 11.5. The Morgan fingerprint density at radius 2 is 1.85 bits per heavy atom. The van der Waals surface area contributed by atoms with E-state index in [0.29, 0.717) is 41.0 Å². The molecule has 0 N–H and O–H groups in total. The van der Waals surface area contributed by atoms with E-state index in [-0.39, 0.29) is 5.69 Å². The van der Waals surface area contributed by atoms with Gasteiger partial charge in [-0.3, -0.25) is 15.1 Å². The van der Waals surface area contributed by atoms with Crippen LogP contribution in [-0.4, -0.2) is 52.6 Å². The first-order chi connectivity index (χ1) is 16.6. The molecule has 4 rings (SSSR count). The third-order valence-electron chi connectivity index (χ3n) is 5.24. The van der Waals surface area contributed by atoms with Crippen molar-refractivity contribution in [3.8, 4) is 22.9 Å². The molecule has 2 aromatic carbocycles. The molecule has 0 spiro atoms. The fourth-order valence-electron chi connectivity index (χ4n) is 3.62. The van der Waals surface area contributed by atoms with Crippen LogP contribution in [-0.2, 0) is 11.3 Å². The summed E-state index contributed by atoms with van der Waals surface area (Å²) in [5, 5.41) is 22.2. The van der Waals surface area contributed by atoms with Crippen LogP contribution < -0.4 is 9.47 Å². The van der Waals surface area contributed by atoms with Gasteiger partial charge in [-0.25, -0.2) is 0 Å². The van der Waals surface area contributed by atoms with Crippen LogP contribution in [0.5, 0.6) is 11.5 Å². The van der Waals surface area contributed by atoms with E-state index in [1.54, 1.807) is 39.7 Å². The fourth-order valence-corrected chi connectivity index (χ4v) is 4.61. The molecule has 0 atom stereocenters. The van der Waals surface area contributed by atoms with Gasteiger partial charge in [-0.2, -0.15) is 0 Å². The van der Waals surface area contributed by atoms with Gasteiger partial charge < -0.3 is 18.8 Å². The number of fused-ring (bicyclic) bond motifs is 1. The van der Waals surface area contributed by atoms with Crippen molar-refractivity contribution in [3.63, 3.8) is 0 Å². The zero-order chi connectivity index (χ0) is 24.1. The van der Waals surface area contributed by atoms with E-state index in [9.17, 15) is 10.1 Å². The van der Waals surface area contributed by atoms with Crippen molar-refractivity contribution < 1.29 is 19.1 Å². The Labute approximate surface area is 200 Å². The third-order valence-corrected chi connectivity index (χ3v) is 6.30. The van der Waals surface area contributed by atoms with Crippen molar-refractivity contribution in [3.05, 3.63) is 58.9 Å².